The zero-order valence-corrected chi connectivity index (χ0v) is 12.0. The highest BCUT2D eigenvalue weighted by molar-refractivity contribution is 7.89. The molecule has 5 heteroatoms. The SMILES string of the molecule is CC(C)Cc1ccc(S(=O)(=O)N[C@@H](C)CN)cc1. The van der Waals surface area contributed by atoms with Gasteiger partial charge in [-0.2, -0.15) is 0 Å². The van der Waals surface area contributed by atoms with Gasteiger partial charge in [0.1, 0.15) is 0 Å². The summed E-state index contributed by atoms with van der Waals surface area (Å²) in [5, 5.41) is 0. The summed E-state index contributed by atoms with van der Waals surface area (Å²) in [6, 6.07) is 6.75. The molecule has 3 N–H and O–H groups in total. The molecule has 1 rings (SSSR count). The second-order valence-electron chi connectivity index (χ2n) is 5.00. The summed E-state index contributed by atoms with van der Waals surface area (Å²) in [5.74, 6) is 0.558. The minimum Gasteiger partial charge on any atom is -0.329 e. The number of nitrogens with one attached hydrogen (secondary N) is 1. The van der Waals surface area contributed by atoms with Crippen LogP contribution >= 0.6 is 0 Å². The highest BCUT2D eigenvalue weighted by atomic mass is 32.2. The number of hydrogen-bond donors (Lipinski definition) is 2. The predicted molar refractivity (Wildman–Crippen MR) is 73.8 cm³/mol. The molecule has 0 fully saturated rings. The second kappa shape index (κ2) is 6.31. The van der Waals surface area contributed by atoms with Gasteiger partial charge in [-0.15, -0.1) is 0 Å². The van der Waals surface area contributed by atoms with E-state index < -0.39 is 10.0 Å². The molecule has 0 aliphatic rings. The standard InChI is InChI=1S/C13H22N2O2S/c1-10(2)8-12-4-6-13(7-5-12)18(16,17)15-11(3)9-14/h4-7,10-11,15H,8-9,14H2,1-3H3/t11-/m0/s1. The van der Waals surface area contributed by atoms with Gasteiger partial charge in [-0.05, 0) is 37.0 Å². The Hall–Kier alpha value is -0.910. The van der Waals surface area contributed by atoms with E-state index in [0.717, 1.165) is 12.0 Å². The van der Waals surface area contributed by atoms with E-state index in [0.29, 0.717) is 5.92 Å². The summed E-state index contributed by atoms with van der Waals surface area (Å²) in [4.78, 5) is 0.287. The topological polar surface area (TPSA) is 72.2 Å². The largest absolute Gasteiger partial charge is 0.329 e. The fourth-order valence-electron chi connectivity index (χ4n) is 1.66. The molecule has 0 spiro atoms. The van der Waals surface area contributed by atoms with E-state index in [1.165, 1.54) is 0 Å². The molecule has 4 nitrogen and oxygen atoms in total. The number of nitrogens with two attached hydrogens (primary N) is 1. The van der Waals surface area contributed by atoms with Gasteiger partial charge >= 0.3 is 0 Å². The monoisotopic (exact) mass is 270 g/mol. The van der Waals surface area contributed by atoms with E-state index in [2.05, 4.69) is 18.6 Å². The average molecular weight is 270 g/mol. The van der Waals surface area contributed by atoms with Crippen molar-refractivity contribution in [1.29, 1.82) is 0 Å². The molecule has 0 aliphatic heterocycles. The van der Waals surface area contributed by atoms with E-state index in [-0.39, 0.29) is 17.5 Å². The van der Waals surface area contributed by atoms with Crippen LogP contribution in [0.25, 0.3) is 0 Å². The van der Waals surface area contributed by atoms with Crippen LogP contribution < -0.4 is 10.5 Å². The van der Waals surface area contributed by atoms with Crippen molar-refractivity contribution in [3.05, 3.63) is 29.8 Å². The fourth-order valence-corrected chi connectivity index (χ4v) is 2.91. The maximum atomic E-state index is 12.0. The van der Waals surface area contributed by atoms with E-state index in [1.54, 1.807) is 19.1 Å². The average Bonchev–Trinajstić information content (AvgIpc) is 2.28. The Bertz CT molecular complexity index is 466. The molecule has 18 heavy (non-hydrogen) atoms. The number of sulfonamides is 1. The zero-order chi connectivity index (χ0) is 13.8. The van der Waals surface area contributed by atoms with Gasteiger partial charge in [-0.1, -0.05) is 26.0 Å². The van der Waals surface area contributed by atoms with Gasteiger partial charge in [-0.3, -0.25) is 0 Å². The first-order valence-corrected chi connectivity index (χ1v) is 7.65. The lowest BCUT2D eigenvalue weighted by Crippen LogP contribution is -2.37. The molecular weight excluding hydrogens is 248 g/mol. The molecule has 0 unspecified atom stereocenters. The Balaban J connectivity index is 2.84. The third-order valence-electron chi connectivity index (χ3n) is 2.59. The molecule has 0 bridgehead atoms. The summed E-state index contributed by atoms with van der Waals surface area (Å²) in [6.07, 6.45) is 0.951. The van der Waals surface area contributed by atoms with Gasteiger partial charge in [0.2, 0.25) is 10.0 Å². The highest BCUT2D eigenvalue weighted by Crippen LogP contribution is 2.13. The summed E-state index contributed by atoms with van der Waals surface area (Å²) in [5.41, 5.74) is 6.56. The molecular formula is C13H22N2O2S. The van der Waals surface area contributed by atoms with Gasteiger partial charge in [0, 0.05) is 12.6 Å². The van der Waals surface area contributed by atoms with Crippen molar-refractivity contribution < 1.29 is 8.42 Å². The van der Waals surface area contributed by atoms with Gasteiger partial charge in [0.25, 0.3) is 0 Å². The first-order valence-electron chi connectivity index (χ1n) is 6.16. The molecule has 1 atom stereocenters. The summed E-state index contributed by atoms with van der Waals surface area (Å²) in [6.45, 7) is 6.29. The van der Waals surface area contributed by atoms with Crippen LogP contribution in [0, 0.1) is 5.92 Å². The van der Waals surface area contributed by atoms with E-state index in [4.69, 9.17) is 5.73 Å². The van der Waals surface area contributed by atoms with Crippen LogP contribution in [0.1, 0.15) is 26.3 Å². The molecule has 1 aromatic carbocycles. The Morgan fingerprint density at radius 3 is 2.17 bits per heavy atom. The lowest BCUT2D eigenvalue weighted by atomic mass is 10.0. The van der Waals surface area contributed by atoms with Crippen LogP contribution in [0.5, 0.6) is 0 Å². The smallest absolute Gasteiger partial charge is 0.240 e. The molecule has 0 amide bonds. The normalized spacial score (nSPS) is 13.8. The van der Waals surface area contributed by atoms with Crippen molar-refractivity contribution >= 4 is 10.0 Å². The molecule has 102 valence electrons. The Labute approximate surface area is 110 Å². The van der Waals surface area contributed by atoms with E-state index in [1.807, 2.05) is 12.1 Å². The third-order valence-corrected chi connectivity index (χ3v) is 4.19. The van der Waals surface area contributed by atoms with Gasteiger partial charge in [0.05, 0.1) is 4.90 Å². The quantitative estimate of drug-likeness (QED) is 0.823. The van der Waals surface area contributed by atoms with Crippen molar-refractivity contribution in [3.63, 3.8) is 0 Å². The van der Waals surface area contributed by atoms with E-state index >= 15 is 0 Å². The van der Waals surface area contributed by atoms with Crippen LogP contribution in [-0.2, 0) is 16.4 Å². The molecule has 0 saturated carbocycles. The molecule has 0 aromatic heterocycles. The Kier molecular flexibility index (Phi) is 5.31. The van der Waals surface area contributed by atoms with Crippen LogP contribution in [0.3, 0.4) is 0 Å². The molecule has 0 heterocycles. The molecule has 1 aromatic rings. The zero-order valence-electron chi connectivity index (χ0n) is 11.2. The predicted octanol–water partition coefficient (Wildman–Crippen LogP) is 1.51. The van der Waals surface area contributed by atoms with E-state index in [9.17, 15) is 8.42 Å². The lowest BCUT2D eigenvalue weighted by Gasteiger charge is -2.12. The first-order chi connectivity index (χ1) is 8.35. The molecule has 0 saturated heterocycles. The van der Waals surface area contributed by atoms with Crippen LogP contribution in [0.4, 0.5) is 0 Å². The minimum absolute atomic E-state index is 0.259. The van der Waals surface area contributed by atoms with Crippen LogP contribution in [-0.4, -0.2) is 21.0 Å². The highest BCUT2D eigenvalue weighted by Gasteiger charge is 2.16. The number of rotatable bonds is 6. The van der Waals surface area contributed by atoms with Crippen molar-refractivity contribution in [2.75, 3.05) is 6.54 Å². The van der Waals surface area contributed by atoms with Gasteiger partial charge in [0.15, 0.2) is 0 Å². The summed E-state index contributed by atoms with van der Waals surface area (Å²) in [7, 11) is -3.45. The summed E-state index contributed by atoms with van der Waals surface area (Å²) >= 11 is 0. The van der Waals surface area contributed by atoms with Gasteiger partial charge in [-0.25, -0.2) is 13.1 Å². The first kappa shape index (κ1) is 15.1. The Morgan fingerprint density at radius 1 is 1.17 bits per heavy atom. The maximum absolute atomic E-state index is 12.0. The lowest BCUT2D eigenvalue weighted by molar-refractivity contribution is 0.562. The van der Waals surface area contributed by atoms with Crippen LogP contribution in [0.15, 0.2) is 29.2 Å². The van der Waals surface area contributed by atoms with Crippen molar-refractivity contribution in [2.24, 2.45) is 11.7 Å². The minimum atomic E-state index is -3.45. The van der Waals surface area contributed by atoms with Crippen molar-refractivity contribution in [3.8, 4) is 0 Å². The van der Waals surface area contributed by atoms with Crippen molar-refractivity contribution in [2.45, 2.75) is 38.1 Å². The number of hydrogen-bond acceptors (Lipinski definition) is 3. The van der Waals surface area contributed by atoms with Gasteiger partial charge < -0.3 is 5.73 Å². The number of benzene rings is 1. The maximum Gasteiger partial charge on any atom is 0.240 e. The van der Waals surface area contributed by atoms with Crippen LogP contribution in [0.2, 0.25) is 0 Å². The van der Waals surface area contributed by atoms with Crippen molar-refractivity contribution in [1.82, 2.24) is 4.72 Å². The molecule has 0 aliphatic carbocycles. The summed E-state index contributed by atoms with van der Waals surface area (Å²) < 4.78 is 26.5. The molecule has 0 radical (unpaired) electrons. The third kappa shape index (κ3) is 4.40. The Morgan fingerprint density at radius 2 is 1.72 bits per heavy atom. The fraction of sp³-hybridized carbons (Fsp3) is 0.538. The second-order valence-corrected chi connectivity index (χ2v) is 6.71.